The molecule has 4 nitrogen and oxygen atoms in total. The number of rotatable bonds is 3. The van der Waals surface area contributed by atoms with Gasteiger partial charge in [-0.15, -0.1) is 0 Å². The molecule has 0 unspecified atom stereocenters. The zero-order valence-corrected chi connectivity index (χ0v) is 14.0. The van der Waals surface area contributed by atoms with Crippen molar-refractivity contribution >= 4 is 28.6 Å². The van der Waals surface area contributed by atoms with Gasteiger partial charge in [-0.2, -0.15) is 0 Å². The molecular weight excluding hydrogens is 312 g/mol. The second-order valence-electron chi connectivity index (χ2n) is 5.60. The molecule has 0 saturated carbocycles. The number of imidazole rings is 1. The van der Waals surface area contributed by atoms with Gasteiger partial charge < -0.3 is 9.30 Å². The van der Waals surface area contributed by atoms with Gasteiger partial charge in [-0.3, -0.25) is 0 Å². The largest absolute Gasteiger partial charge is 0.465 e. The SMILES string of the molecule is COC(=O)c1cccc(-c2nc3cc(Cl)ccc3n2C(C)C)c1. The Hall–Kier alpha value is -2.33. The average molecular weight is 329 g/mol. The van der Waals surface area contributed by atoms with Crippen LogP contribution in [0.5, 0.6) is 0 Å². The smallest absolute Gasteiger partial charge is 0.337 e. The van der Waals surface area contributed by atoms with Gasteiger partial charge in [0.15, 0.2) is 0 Å². The summed E-state index contributed by atoms with van der Waals surface area (Å²) in [4.78, 5) is 16.5. The van der Waals surface area contributed by atoms with Crippen molar-refractivity contribution in [3.63, 3.8) is 0 Å². The number of ether oxygens (including phenoxy) is 1. The van der Waals surface area contributed by atoms with Gasteiger partial charge in [0.1, 0.15) is 5.82 Å². The van der Waals surface area contributed by atoms with Crippen molar-refractivity contribution in [3.8, 4) is 11.4 Å². The molecule has 0 bridgehead atoms. The van der Waals surface area contributed by atoms with Crippen LogP contribution in [-0.4, -0.2) is 22.6 Å². The number of carbonyl (C=O) groups is 1. The molecule has 0 radical (unpaired) electrons. The maximum Gasteiger partial charge on any atom is 0.337 e. The van der Waals surface area contributed by atoms with Gasteiger partial charge in [-0.05, 0) is 44.2 Å². The van der Waals surface area contributed by atoms with Gasteiger partial charge in [0, 0.05) is 16.6 Å². The molecule has 0 aliphatic heterocycles. The van der Waals surface area contributed by atoms with Crippen molar-refractivity contribution in [1.82, 2.24) is 9.55 Å². The summed E-state index contributed by atoms with van der Waals surface area (Å²) in [6, 6.07) is 13.2. The Labute approximate surface area is 139 Å². The highest BCUT2D eigenvalue weighted by Crippen LogP contribution is 2.30. The van der Waals surface area contributed by atoms with Crippen molar-refractivity contribution in [2.45, 2.75) is 19.9 Å². The van der Waals surface area contributed by atoms with Crippen molar-refractivity contribution in [2.75, 3.05) is 7.11 Å². The number of methoxy groups -OCH3 is 1. The van der Waals surface area contributed by atoms with Crippen molar-refractivity contribution in [3.05, 3.63) is 53.1 Å². The van der Waals surface area contributed by atoms with Gasteiger partial charge >= 0.3 is 5.97 Å². The first-order chi connectivity index (χ1) is 11.0. The first kappa shape index (κ1) is 15.6. The second-order valence-corrected chi connectivity index (χ2v) is 6.04. The van der Waals surface area contributed by atoms with Crippen molar-refractivity contribution < 1.29 is 9.53 Å². The van der Waals surface area contributed by atoms with Gasteiger partial charge in [-0.25, -0.2) is 9.78 Å². The number of carbonyl (C=O) groups excluding carboxylic acids is 1. The molecule has 0 amide bonds. The summed E-state index contributed by atoms with van der Waals surface area (Å²) in [6.45, 7) is 4.20. The minimum Gasteiger partial charge on any atom is -0.465 e. The lowest BCUT2D eigenvalue weighted by molar-refractivity contribution is 0.0601. The number of fused-ring (bicyclic) bond motifs is 1. The number of halogens is 1. The van der Waals surface area contributed by atoms with E-state index >= 15 is 0 Å². The van der Waals surface area contributed by atoms with Crippen LogP contribution in [0.2, 0.25) is 5.02 Å². The number of aromatic nitrogens is 2. The molecule has 1 heterocycles. The molecule has 0 fully saturated rings. The molecule has 0 spiro atoms. The van der Waals surface area contributed by atoms with E-state index in [1.165, 1.54) is 7.11 Å². The fraction of sp³-hybridized carbons (Fsp3) is 0.222. The summed E-state index contributed by atoms with van der Waals surface area (Å²) in [5, 5.41) is 0.653. The molecular formula is C18H17ClN2O2. The fourth-order valence-corrected chi connectivity index (χ4v) is 2.87. The molecule has 23 heavy (non-hydrogen) atoms. The lowest BCUT2D eigenvalue weighted by Gasteiger charge is -2.13. The van der Waals surface area contributed by atoms with Crippen LogP contribution >= 0.6 is 11.6 Å². The van der Waals surface area contributed by atoms with Gasteiger partial charge in [0.25, 0.3) is 0 Å². The van der Waals surface area contributed by atoms with Crippen LogP contribution in [0.3, 0.4) is 0 Å². The lowest BCUT2D eigenvalue weighted by Crippen LogP contribution is -2.05. The minimum atomic E-state index is -0.359. The quantitative estimate of drug-likeness (QED) is 0.653. The molecule has 0 saturated heterocycles. The van der Waals surface area contributed by atoms with E-state index in [-0.39, 0.29) is 12.0 Å². The molecule has 1 aromatic heterocycles. The molecule has 0 atom stereocenters. The van der Waals surface area contributed by atoms with Crippen LogP contribution in [0.1, 0.15) is 30.2 Å². The maximum absolute atomic E-state index is 11.8. The molecule has 3 aromatic rings. The molecule has 0 aliphatic rings. The Kier molecular flexibility index (Phi) is 4.09. The molecule has 3 rings (SSSR count). The fourth-order valence-electron chi connectivity index (χ4n) is 2.70. The Morgan fingerprint density at radius 3 is 2.70 bits per heavy atom. The molecule has 2 aromatic carbocycles. The summed E-state index contributed by atoms with van der Waals surface area (Å²) in [5.41, 5.74) is 3.23. The van der Waals surface area contributed by atoms with Gasteiger partial charge in [0.2, 0.25) is 0 Å². The normalized spacial score (nSPS) is 11.2. The molecule has 0 N–H and O–H groups in total. The highest BCUT2D eigenvalue weighted by molar-refractivity contribution is 6.31. The van der Waals surface area contributed by atoms with E-state index in [1.54, 1.807) is 12.1 Å². The number of esters is 1. The van der Waals surface area contributed by atoms with Gasteiger partial charge in [0.05, 0.1) is 23.7 Å². The van der Waals surface area contributed by atoms with E-state index in [4.69, 9.17) is 21.3 Å². The van der Waals surface area contributed by atoms with E-state index in [0.717, 1.165) is 22.4 Å². The molecule has 5 heteroatoms. The van der Waals surface area contributed by atoms with E-state index < -0.39 is 0 Å². The molecule has 118 valence electrons. The predicted octanol–water partition coefficient (Wildman–Crippen LogP) is 4.72. The first-order valence-corrected chi connectivity index (χ1v) is 7.75. The molecule has 0 aliphatic carbocycles. The third-order valence-electron chi connectivity index (χ3n) is 3.71. The number of nitrogens with zero attached hydrogens (tertiary/aromatic N) is 2. The number of hydrogen-bond acceptors (Lipinski definition) is 3. The third-order valence-corrected chi connectivity index (χ3v) is 3.94. The average Bonchev–Trinajstić information content (AvgIpc) is 2.92. The van der Waals surface area contributed by atoms with Crippen LogP contribution < -0.4 is 0 Å². The Balaban J connectivity index is 2.23. The summed E-state index contributed by atoms with van der Waals surface area (Å²) in [5.74, 6) is 0.449. The summed E-state index contributed by atoms with van der Waals surface area (Å²) < 4.78 is 6.94. The van der Waals surface area contributed by atoms with Crippen LogP contribution in [0.25, 0.3) is 22.4 Å². The van der Waals surface area contributed by atoms with Crippen molar-refractivity contribution in [1.29, 1.82) is 0 Å². The number of benzene rings is 2. The summed E-state index contributed by atoms with van der Waals surface area (Å²) in [6.07, 6.45) is 0. The Bertz CT molecular complexity index is 884. The predicted molar refractivity (Wildman–Crippen MR) is 91.9 cm³/mol. The zero-order valence-electron chi connectivity index (χ0n) is 13.2. The van der Waals surface area contributed by atoms with Crippen molar-refractivity contribution in [2.24, 2.45) is 0 Å². The van der Waals surface area contributed by atoms with E-state index in [0.29, 0.717) is 10.6 Å². The second kappa shape index (κ2) is 6.05. The van der Waals surface area contributed by atoms with Crippen LogP contribution in [0.15, 0.2) is 42.5 Å². The third kappa shape index (κ3) is 2.82. The minimum absolute atomic E-state index is 0.220. The van der Waals surface area contributed by atoms with E-state index in [1.807, 2.05) is 30.3 Å². The standard InChI is InChI=1S/C18H17ClN2O2/c1-11(2)21-16-8-7-14(19)10-15(16)20-17(21)12-5-4-6-13(9-12)18(22)23-3/h4-11H,1-3H3. The van der Waals surface area contributed by atoms with Crippen LogP contribution in [0.4, 0.5) is 0 Å². The zero-order chi connectivity index (χ0) is 16.6. The lowest BCUT2D eigenvalue weighted by atomic mass is 10.1. The summed E-state index contributed by atoms with van der Waals surface area (Å²) >= 11 is 6.08. The Morgan fingerprint density at radius 2 is 2.00 bits per heavy atom. The van der Waals surface area contributed by atoms with E-state index in [9.17, 15) is 4.79 Å². The maximum atomic E-state index is 11.8. The van der Waals surface area contributed by atoms with Crippen LogP contribution in [0, 0.1) is 0 Å². The monoisotopic (exact) mass is 328 g/mol. The Morgan fingerprint density at radius 1 is 1.22 bits per heavy atom. The number of hydrogen-bond donors (Lipinski definition) is 0. The van der Waals surface area contributed by atoms with E-state index in [2.05, 4.69) is 18.4 Å². The highest BCUT2D eigenvalue weighted by atomic mass is 35.5. The summed E-state index contributed by atoms with van der Waals surface area (Å²) in [7, 11) is 1.38. The van der Waals surface area contributed by atoms with Gasteiger partial charge in [-0.1, -0.05) is 23.7 Å². The first-order valence-electron chi connectivity index (χ1n) is 7.37. The topological polar surface area (TPSA) is 44.1 Å². The highest BCUT2D eigenvalue weighted by Gasteiger charge is 2.16. The van der Waals surface area contributed by atoms with Crippen LogP contribution in [-0.2, 0) is 4.74 Å².